The van der Waals surface area contributed by atoms with Crippen LogP contribution in [-0.2, 0) is 6.42 Å². The first-order valence-corrected chi connectivity index (χ1v) is 7.63. The normalized spacial score (nSPS) is 16.6. The van der Waals surface area contributed by atoms with E-state index in [1.165, 1.54) is 10.5 Å². The fourth-order valence-corrected chi connectivity index (χ4v) is 2.57. The summed E-state index contributed by atoms with van der Waals surface area (Å²) >= 11 is 1.77. The van der Waals surface area contributed by atoms with Crippen molar-refractivity contribution in [3.63, 3.8) is 0 Å². The third-order valence-corrected chi connectivity index (χ3v) is 4.35. The summed E-state index contributed by atoms with van der Waals surface area (Å²) in [5.74, 6) is 0. The van der Waals surface area contributed by atoms with Crippen LogP contribution in [0.5, 0.6) is 0 Å². The van der Waals surface area contributed by atoms with Crippen molar-refractivity contribution in [1.82, 2.24) is 4.90 Å². The van der Waals surface area contributed by atoms with Crippen molar-refractivity contribution < 1.29 is 0 Å². The lowest BCUT2D eigenvalue weighted by atomic mass is 10.1. The molecule has 0 amide bonds. The number of nitriles is 1. The molecule has 1 aromatic carbocycles. The van der Waals surface area contributed by atoms with Crippen LogP contribution in [0, 0.1) is 16.7 Å². The summed E-state index contributed by atoms with van der Waals surface area (Å²) in [5, 5.41) is 9.07. The van der Waals surface area contributed by atoms with E-state index in [1.807, 2.05) is 0 Å². The maximum atomic E-state index is 9.07. The Hall–Kier alpha value is -0.980. The molecule has 1 aliphatic carbocycles. The van der Waals surface area contributed by atoms with Crippen LogP contribution in [0.4, 0.5) is 0 Å². The number of thioether (sulfide) groups is 1. The van der Waals surface area contributed by atoms with Crippen LogP contribution in [-0.4, -0.2) is 31.3 Å². The summed E-state index contributed by atoms with van der Waals surface area (Å²) < 4.78 is 0. The molecular formula is C15H20N2S. The van der Waals surface area contributed by atoms with E-state index in [0.717, 1.165) is 32.4 Å². The Morgan fingerprint density at radius 3 is 2.50 bits per heavy atom. The van der Waals surface area contributed by atoms with E-state index in [2.05, 4.69) is 48.5 Å². The van der Waals surface area contributed by atoms with Gasteiger partial charge in [-0.05, 0) is 50.3 Å². The van der Waals surface area contributed by atoms with Gasteiger partial charge in [0.15, 0.2) is 0 Å². The van der Waals surface area contributed by atoms with Gasteiger partial charge >= 0.3 is 0 Å². The van der Waals surface area contributed by atoms with E-state index in [9.17, 15) is 0 Å². The average molecular weight is 260 g/mol. The van der Waals surface area contributed by atoms with Crippen molar-refractivity contribution >= 4 is 11.8 Å². The lowest BCUT2D eigenvalue weighted by Gasteiger charge is -2.19. The predicted molar refractivity (Wildman–Crippen MR) is 76.7 cm³/mol. The van der Waals surface area contributed by atoms with Gasteiger partial charge in [-0.2, -0.15) is 5.26 Å². The first-order chi connectivity index (χ1) is 8.67. The van der Waals surface area contributed by atoms with Crippen LogP contribution in [0.25, 0.3) is 0 Å². The summed E-state index contributed by atoms with van der Waals surface area (Å²) in [6, 6.07) is 11.2. The molecule has 2 nitrogen and oxygen atoms in total. The fourth-order valence-electron chi connectivity index (χ4n) is 2.16. The Kier molecular flexibility index (Phi) is 4.31. The Labute approximate surface area is 114 Å². The van der Waals surface area contributed by atoms with Crippen LogP contribution in [0.15, 0.2) is 29.2 Å². The summed E-state index contributed by atoms with van der Waals surface area (Å²) in [6.07, 6.45) is 5.32. The molecule has 0 N–H and O–H groups in total. The molecule has 1 saturated carbocycles. The molecule has 0 heterocycles. The second-order valence-corrected chi connectivity index (χ2v) is 6.11. The third kappa shape index (κ3) is 3.51. The number of rotatable bonds is 6. The zero-order valence-electron chi connectivity index (χ0n) is 11.1. The van der Waals surface area contributed by atoms with E-state index >= 15 is 0 Å². The highest BCUT2D eigenvalue weighted by atomic mass is 32.2. The van der Waals surface area contributed by atoms with Gasteiger partial charge in [-0.1, -0.05) is 12.1 Å². The second-order valence-electron chi connectivity index (χ2n) is 5.23. The molecule has 0 aliphatic heterocycles. The molecule has 0 aromatic heterocycles. The van der Waals surface area contributed by atoms with Gasteiger partial charge in [0.25, 0.3) is 0 Å². The first kappa shape index (κ1) is 13.5. The minimum Gasteiger partial charge on any atom is -0.304 e. The Morgan fingerprint density at radius 2 is 2.00 bits per heavy atom. The highest BCUT2D eigenvalue weighted by Gasteiger charge is 2.43. The predicted octanol–water partition coefficient (Wildman–Crippen LogP) is 3.19. The molecule has 1 aromatic rings. The fraction of sp³-hybridized carbons (Fsp3) is 0.533. The highest BCUT2D eigenvalue weighted by molar-refractivity contribution is 7.98. The molecule has 18 heavy (non-hydrogen) atoms. The van der Waals surface area contributed by atoms with Crippen molar-refractivity contribution in [3.05, 3.63) is 29.8 Å². The summed E-state index contributed by atoms with van der Waals surface area (Å²) in [5.41, 5.74) is 1.36. The van der Waals surface area contributed by atoms with Crippen molar-refractivity contribution in [1.29, 1.82) is 5.26 Å². The minimum atomic E-state index is -0.0164. The quantitative estimate of drug-likeness (QED) is 0.735. The molecule has 2 rings (SSSR count). The van der Waals surface area contributed by atoms with E-state index in [0.29, 0.717) is 0 Å². The van der Waals surface area contributed by atoms with Gasteiger partial charge in [-0.3, -0.25) is 0 Å². The lowest BCUT2D eigenvalue weighted by Crippen LogP contribution is -2.28. The number of nitrogens with zero attached hydrogens (tertiary/aromatic N) is 2. The lowest BCUT2D eigenvalue weighted by molar-refractivity contribution is 0.297. The molecule has 1 aliphatic rings. The van der Waals surface area contributed by atoms with E-state index < -0.39 is 0 Å². The highest BCUT2D eigenvalue weighted by Crippen LogP contribution is 2.45. The van der Waals surface area contributed by atoms with Gasteiger partial charge in [-0.15, -0.1) is 11.8 Å². The Balaban J connectivity index is 1.78. The Morgan fingerprint density at radius 1 is 1.33 bits per heavy atom. The monoisotopic (exact) mass is 260 g/mol. The van der Waals surface area contributed by atoms with Gasteiger partial charge in [0.1, 0.15) is 0 Å². The number of hydrogen-bond donors (Lipinski definition) is 0. The Bertz CT molecular complexity index is 429. The molecule has 0 spiro atoms. The molecule has 0 unspecified atom stereocenters. The maximum Gasteiger partial charge on any atom is 0.0703 e. The average Bonchev–Trinajstić information content (AvgIpc) is 3.17. The van der Waals surface area contributed by atoms with Crippen LogP contribution >= 0.6 is 11.8 Å². The van der Waals surface area contributed by atoms with Crippen LogP contribution in [0.2, 0.25) is 0 Å². The molecule has 0 saturated heterocycles. The van der Waals surface area contributed by atoms with Gasteiger partial charge < -0.3 is 4.90 Å². The number of benzene rings is 1. The van der Waals surface area contributed by atoms with E-state index in [4.69, 9.17) is 5.26 Å². The first-order valence-electron chi connectivity index (χ1n) is 6.40. The molecule has 1 fully saturated rings. The zero-order chi connectivity index (χ0) is 13.0. The third-order valence-electron chi connectivity index (χ3n) is 3.60. The minimum absolute atomic E-state index is 0.0164. The molecule has 96 valence electrons. The van der Waals surface area contributed by atoms with Gasteiger partial charge in [0.2, 0.25) is 0 Å². The number of likely N-dealkylation sites (N-methyl/N-ethyl adjacent to an activating group) is 1. The maximum absolute atomic E-state index is 9.07. The summed E-state index contributed by atoms with van der Waals surface area (Å²) in [6.45, 7) is 1.95. The van der Waals surface area contributed by atoms with E-state index in [1.54, 1.807) is 11.8 Å². The van der Waals surface area contributed by atoms with E-state index in [-0.39, 0.29) is 5.41 Å². The second kappa shape index (κ2) is 5.77. The largest absolute Gasteiger partial charge is 0.304 e. The van der Waals surface area contributed by atoms with Crippen LogP contribution in [0.3, 0.4) is 0 Å². The SMILES string of the molecule is CSc1ccc(CCN(C)CC2(C#N)CC2)cc1. The zero-order valence-corrected chi connectivity index (χ0v) is 12.0. The molecular weight excluding hydrogens is 240 g/mol. The standard InChI is InChI=1S/C15H20N2S/c1-17(12-15(11-16)8-9-15)10-7-13-3-5-14(18-2)6-4-13/h3-6H,7-10,12H2,1-2H3. The van der Waals surface area contributed by atoms with Crippen molar-refractivity contribution in [2.45, 2.75) is 24.2 Å². The van der Waals surface area contributed by atoms with Crippen molar-refractivity contribution in [2.75, 3.05) is 26.4 Å². The summed E-state index contributed by atoms with van der Waals surface area (Å²) in [7, 11) is 2.12. The van der Waals surface area contributed by atoms with Crippen molar-refractivity contribution in [2.24, 2.45) is 5.41 Å². The van der Waals surface area contributed by atoms with Gasteiger partial charge in [0, 0.05) is 18.0 Å². The number of hydrogen-bond acceptors (Lipinski definition) is 3. The van der Waals surface area contributed by atoms with Gasteiger partial charge in [0.05, 0.1) is 11.5 Å². The topological polar surface area (TPSA) is 27.0 Å². The molecule has 3 heteroatoms. The smallest absolute Gasteiger partial charge is 0.0703 e. The molecule has 0 bridgehead atoms. The molecule has 0 radical (unpaired) electrons. The molecule has 0 atom stereocenters. The van der Waals surface area contributed by atoms with Crippen LogP contribution < -0.4 is 0 Å². The summed E-state index contributed by atoms with van der Waals surface area (Å²) in [4.78, 5) is 3.60. The van der Waals surface area contributed by atoms with Crippen molar-refractivity contribution in [3.8, 4) is 6.07 Å². The van der Waals surface area contributed by atoms with Crippen LogP contribution in [0.1, 0.15) is 18.4 Å². The van der Waals surface area contributed by atoms with Gasteiger partial charge in [-0.25, -0.2) is 0 Å².